The van der Waals surface area contributed by atoms with E-state index in [-0.39, 0.29) is 0 Å². The molecule has 2 rings (SSSR count). The van der Waals surface area contributed by atoms with E-state index in [1.165, 1.54) is 12.8 Å². The van der Waals surface area contributed by atoms with Gasteiger partial charge in [0, 0.05) is 24.9 Å². The fraction of sp³-hybridized carbons (Fsp3) is 0.692. The van der Waals surface area contributed by atoms with Gasteiger partial charge in [0.2, 0.25) is 0 Å². The fourth-order valence-corrected chi connectivity index (χ4v) is 1.63. The summed E-state index contributed by atoms with van der Waals surface area (Å²) in [6.07, 6.45) is 2.56. The minimum absolute atomic E-state index is 0.447. The Bertz CT molecular complexity index is 380. The first-order valence-electron chi connectivity index (χ1n) is 6.56. The molecule has 0 radical (unpaired) electrons. The third-order valence-electron chi connectivity index (χ3n) is 2.70. The van der Waals surface area contributed by atoms with Crippen molar-refractivity contribution in [2.75, 3.05) is 19.8 Å². The minimum Gasteiger partial charge on any atom is -0.461 e. The number of hydrogen-bond donors (Lipinski definition) is 1. The predicted octanol–water partition coefficient (Wildman–Crippen LogP) is 1.45. The molecule has 5 heteroatoms. The van der Waals surface area contributed by atoms with Gasteiger partial charge in [0.05, 0.1) is 12.3 Å². The summed E-state index contributed by atoms with van der Waals surface area (Å²) in [5, 5.41) is 3.43. The van der Waals surface area contributed by atoms with Gasteiger partial charge in [-0.3, -0.25) is 0 Å². The molecule has 0 aliphatic heterocycles. The van der Waals surface area contributed by atoms with Crippen LogP contribution in [-0.2, 0) is 11.3 Å². The van der Waals surface area contributed by atoms with Crippen molar-refractivity contribution in [3.63, 3.8) is 0 Å². The number of nitrogens with zero attached hydrogens (tertiary/aromatic N) is 2. The maximum absolute atomic E-state index is 5.48. The molecule has 1 aromatic heterocycles. The van der Waals surface area contributed by atoms with Gasteiger partial charge in [0.15, 0.2) is 0 Å². The molecule has 1 aromatic rings. The smallest absolute Gasteiger partial charge is 0.316 e. The third kappa shape index (κ3) is 4.58. The molecule has 0 atom stereocenters. The van der Waals surface area contributed by atoms with Gasteiger partial charge in [-0.1, -0.05) is 0 Å². The lowest BCUT2D eigenvalue weighted by molar-refractivity contribution is 0.106. The van der Waals surface area contributed by atoms with E-state index in [0.717, 1.165) is 17.9 Å². The Morgan fingerprint density at radius 2 is 2.17 bits per heavy atom. The molecule has 0 unspecified atom stereocenters. The van der Waals surface area contributed by atoms with Crippen LogP contribution in [0.5, 0.6) is 6.01 Å². The second kappa shape index (κ2) is 6.66. The Morgan fingerprint density at radius 3 is 2.89 bits per heavy atom. The summed E-state index contributed by atoms with van der Waals surface area (Å²) in [4.78, 5) is 8.64. The van der Waals surface area contributed by atoms with Crippen molar-refractivity contribution in [2.45, 2.75) is 39.3 Å². The van der Waals surface area contributed by atoms with Crippen LogP contribution in [0.3, 0.4) is 0 Å². The van der Waals surface area contributed by atoms with Crippen molar-refractivity contribution in [3.05, 3.63) is 17.5 Å². The SMILES string of the molecule is CCOCCOc1nc(C)cc(CNC2CC2)n1. The number of ether oxygens (including phenoxy) is 2. The predicted molar refractivity (Wildman–Crippen MR) is 68.6 cm³/mol. The third-order valence-corrected chi connectivity index (χ3v) is 2.70. The van der Waals surface area contributed by atoms with Crippen molar-refractivity contribution < 1.29 is 9.47 Å². The van der Waals surface area contributed by atoms with E-state index in [9.17, 15) is 0 Å². The van der Waals surface area contributed by atoms with E-state index in [1.54, 1.807) is 0 Å². The van der Waals surface area contributed by atoms with Gasteiger partial charge in [0.1, 0.15) is 6.61 Å². The van der Waals surface area contributed by atoms with Gasteiger partial charge in [0.25, 0.3) is 0 Å². The molecular formula is C13H21N3O2. The van der Waals surface area contributed by atoms with Crippen LogP contribution in [0.15, 0.2) is 6.07 Å². The van der Waals surface area contributed by atoms with Gasteiger partial charge in [-0.2, -0.15) is 4.98 Å². The van der Waals surface area contributed by atoms with Gasteiger partial charge in [-0.25, -0.2) is 4.98 Å². The van der Waals surface area contributed by atoms with Gasteiger partial charge < -0.3 is 14.8 Å². The molecular weight excluding hydrogens is 230 g/mol. The van der Waals surface area contributed by atoms with Crippen LogP contribution in [0.25, 0.3) is 0 Å². The molecule has 1 fully saturated rings. The van der Waals surface area contributed by atoms with Crippen LogP contribution in [-0.4, -0.2) is 35.8 Å². The maximum atomic E-state index is 5.48. The number of aromatic nitrogens is 2. The summed E-state index contributed by atoms with van der Waals surface area (Å²) in [6.45, 7) is 6.48. The van der Waals surface area contributed by atoms with E-state index in [0.29, 0.717) is 31.9 Å². The Hall–Kier alpha value is -1.20. The second-order valence-corrected chi connectivity index (χ2v) is 4.48. The Kier molecular flexibility index (Phi) is 4.90. The summed E-state index contributed by atoms with van der Waals surface area (Å²) in [5.74, 6) is 0. The molecule has 0 spiro atoms. The first-order chi connectivity index (χ1) is 8.78. The number of aryl methyl sites for hydroxylation is 1. The van der Waals surface area contributed by atoms with Crippen LogP contribution < -0.4 is 10.1 Å². The molecule has 100 valence electrons. The lowest BCUT2D eigenvalue weighted by Crippen LogP contribution is -2.17. The van der Waals surface area contributed by atoms with Gasteiger partial charge in [-0.15, -0.1) is 0 Å². The summed E-state index contributed by atoms with van der Waals surface area (Å²) in [7, 11) is 0. The van der Waals surface area contributed by atoms with Crippen LogP contribution >= 0.6 is 0 Å². The highest BCUT2D eigenvalue weighted by Crippen LogP contribution is 2.19. The highest BCUT2D eigenvalue weighted by molar-refractivity contribution is 5.13. The zero-order valence-corrected chi connectivity index (χ0v) is 11.1. The Morgan fingerprint density at radius 1 is 1.33 bits per heavy atom. The van der Waals surface area contributed by atoms with E-state index in [4.69, 9.17) is 9.47 Å². The molecule has 0 saturated heterocycles. The van der Waals surface area contributed by atoms with Crippen molar-refractivity contribution in [1.29, 1.82) is 0 Å². The maximum Gasteiger partial charge on any atom is 0.316 e. The normalized spacial score (nSPS) is 14.8. The number of nitrogens with one attached hydrogen (secondary N) is 1. The first-order valence-corrected chi connectivity index (χ1v) is 6.56. The largest absolute Gasteiger partial charge is 0.461 e. The van der Waals surface area contributed by atoms with E-state index < -0.39 is 0 Å². The summed E-state index contributed by atoms with van der Waals surface area (Å²) in [6, 6.07) is 3.12. The molecule has 1 aliphatic carbocycles. The van der Waals surface area contributed by atoms with Crippen molar-refractivity contribution >= 4 is 0 Å². The van der Waals surface area contributed by atoms with Gasteiger partial charge in [-0.05, 0) is 32.8 Å². The molecule has 1 aliphatic rings. The minimum atomic E-state index is 0.447. The highest BCUT2D eigenvalue weighted by atomic mass is 16.5. The van der Waals surface area contributed by atoms with Crippen LogP contribution in [0.4, 0.5) is 0 Å². The van der Waals surface area contributed by atoms with Gasteiger partial charge >= 0.3 is 6.01 Å². The van der Waals surface area contributed by atoms with E-state index in [2.05, 4.69) is 15.3 Å². The van der Waals surface area contributed by atoms with Crippen LogP contribution in [0.1, 0.15) is 31.2 Å². The van der Waals surface area contributed by atoms with Crippen LogP contribution in [0.2, 0.25) is 0 Å². The fourth-order valence-electron chi connectivity index (χ4n) is 1.63. The zero-order valence-electron chi connectivity index (χ0n) is 11.1. The van der Waals surface area contributed by atoms with E-state index in [1.807, 2.05) is 19.9 Å². The molecule has 18 heavy (non-hydrogen) atoms. The molecule has 1 N–H and O–H groups in total. The molecule has 1 heterocycles. The standard InChI is InChI=1S/C13H21N3O2/c1-3-17-6-7-18-13-15-10(2)8-12(16-13)9-14-11-4-5-11/h8,11,14H,3-7,9H2,1-2H3. The molecule has 0 bridgehead atoms. The Balaban J connectivity index is 1.84. The molecule has 0 amide bonds. The summed E-state index contributed by atoms with van der Waals surface area (Å²) in [5.41, 5.74) is 1.92. The number of hydrogen-bond acceptors (Lipinski definition) is 5. The lowest BCUT2D eigenvalue weighted by atomic mass is 10.3. The monoisotopic (exact) mass is 251 g/mol. The lowest BCUT2D eigenvalue weighted by Gasteiger charge is -2.08. The Labute approximate surface area is 108 Å². The topological polar surface area (TPSA) is 56.3 Å². The van der Waals surface area contributed by atoms with Crippen molar-refractivity contribution in [3.8, 4) is 6.01 Å². The average Bonchev–Trinajstić information content (AvgIpc) is 3.16. The first kappa shape index (κ1) is 13.2. The second-order valence-electron chi connectivity index (χ2n) is 4.48. The zero-order chi connectivity index (χ0) is 12.8. The quantitative estimate of drug-likeness (QED) is 0.709. The van der Waals surface area contributed by atoms with E-state index >= 15 is 0 Å². The molecule has 5 nitrogen and oxygen atoms in total. The summed E-state index contributed by atoms with van der Waals surface area (Å²) < 4.78 is 10.7. The molecule has 0 aromatic carbocycles. The van der Waals surface area contributed by atoms with Crippen LogP contribution in [0, 0.1) is 6.92 Å². The summed E-state index contributed by atoms with van der Waals surface area (Å²) >= 11 is 0. The molecule has 1 saturated carbocycles. The van der Waals surface area contributed by atoms with Crippen molar-refractivity contribution in [2.24, 2.45) is 0 Å². The van der Waals surface area contributed by atoms with Crippen molar-refractivity contribution in [1.82, 2.24) is 15.3 Å². The highest BCUT2D eigenvalue weighted by Gasteiger charge is 2.20. The number of rotatable bonds is 8. The average molecular weight is 251 g/mol.